The molecule has 1 N–H and O–H groups in total. The molecule has 2 aromatic carbocycles. The molecule has 2 aromatic rings. The van der Waals surface area contributed by atoms with E-state index < -0.39 is 0 Å². The molecule has 0 atom stereocenters. The van der Waals surface area contributed by atoms with Crippen molar-refractivity contribution in [3.63, 3.8) is 0 Å². The Balaban J connectivity index is 1.53. The highest BCUT2D eigenvalue weighted by atomic mass is 35.5. The van der Waals surface area contributed by atoms with Gasteiger partial charge in [-0.15, -0.1) is 0 Å². The second-order valence-corrected chi connectivity index (χ2v) is 7.98. The fourth-order valence-electron chi connectivity index (χ4n) is 2.43. The number of carbonyl (C=O) groups is 1. The number of aryl methyl sites for hydroxylation is 1. The van der Waals surface area contributed by atoms with E-state index in [1.165, 1.54) is 11.8 Å². The summed E-state index contributed by atoms with van der Waals surface area (Å²) in [5, 5.41) is 3.34. The van der Waals surface area contributed by atoms with Crippen LogP contribution in [0.15, 0.2) is 47.4 Å². The van der Waals surface area contributed by atoms with E-state index in [4.69, 9.17) is 33.3 Å². The van der Waals surface area contributed by atoms with Crippen LogP contribution in [0.3, 0.4) is 0 Å². The van der Waals surface area contributed by atoms with E-state index in [-0.39, 0.29) is 5.91 Å². The van der Waals surface area contributed by atoms with Gasteiger partial charge in [0.25, 0.3) is 5.91 Å². The molecule has 0 unspecified atom stereocenters. The molecule has 1 saturated heterocycles. The molecule has 4 nitrogen and oxygen atoms in total. The van der Waals surface area contributed by atoms with Gasteiger partial charge < -0.3 is 14.8 Å². The Morgan fingerprint density at radius 1 is 1.19 bits per heavy atom. The molecule has 140 valence electrons. The van der Waals surface area contributed by atoms with Gasteiger partial charge in [-0.1, -0.05) is 53.8 Å². The average molecular weight is 420 g/mol. The van der Waals surface area contributed by atoms with Gasteiger partial charge in [0.15, 0.2) is 0 Å². The second kappa shape index (κ2) is 9.26. The Hall–Kier alpha value is -2.02. The third-order valence-corrected chi connectivity index (χ3v) is 5.38. The van der Waals surface area contributed by atoms with Crippen LogP contribution in [0.4, 0.5) is 0 Å². The maximum Gasteiger partial charge on any atom is 0.263 e. The van der Waals surface area contributed by atoms with Gasteiger partial charge in [-0.25, -0.2) is 0 Å². The van der Waals surface area contributed by atoms with Crippen LogP contribution in [0.2, 0.25) is 5.02 Å². The van der Waals surface area contributed by atoms with E-state index in [0.29, 0.717) is 22.4 Å². The predicted octanol–water partition coefficient (Wildman–Crippen LogP) is 4.99. The highest BCUT2D eigenvalue weighted by Gasteiger charge is 2.22. The number of carbonyl (C=O) groups excluding carboxylic acids is 1. The summed E-state index contributed by atoms with van der Waals surface area (Å²) in [6, 6.07) is 13.2. The number of benzene rings is 2. The minimum absolute atomic E-state index is 0.175. The number of thiocarbonyl (C=S) groups is 1. The van der Waals surface area contributed by atoms with Crippen LogP contribution in [0.1, 0.15) is 17.5 Å². The summed E-state index contributed by atoms with van der Waals surface area (Å²) < 4.78 is 12.1. The van der Waals surface area contributed by atoms with E-state index in [1.54, 1.807) is 6.08 Å². The van der Waals surface area contributed by atoms with Crippen molar-refractivity contribution < 1.29 is 14.3 Å². The molecule has 0 saturated carbocycles. The lowest BCUT2D eigenvalue weighted by Crippen LogP contribution is -2.17. The molecule has 0 radical (unpaired) electrons. The molecule has 1 amide bonds. The van der Waals surface area contributed by atoms with Crippen LogP contribution >= 0.6 is 35.6 Å². The van der Waals surface area contributed by atoms with Crippen molar-refractivity contribution in [2.24, 2.45) is 0 Å². The largest absolute Gasteiger partial charge is 0.493 e. The summed E-state index contributed by atoms with van der Waals surface area (Å²) in [5.41, 5.74) is 1.83. The number of hydrogen-bond acceptors (Lipinski definition) is 5. The normalized spacial score (nSPS) is 15.1. The SMILES string of the molecule is Cc1cc(OCCCOc2ccccc2C=C2SC(=S)NC2=O)ccc1Cl. The first-order valence-electron chi connectivity index (χ1n) is 8.38. The molecule has 3 rings (SSSR count). The molecular weight excluding hydrogens is 402 g/mol. The highest BCUT2D eigenvalue weighted by Crippen LogP contribution is 2.29. The standard InChI is InChI=1S/C20H18ClNO3S2/c1-13-11-15(7-8-16(13)21)24-9-4-10-25-17-6-3-2-5-14(17)12-18-19(23)22-20(26)27-18/h2-3,5-8,11-12H,4,9-10H2,1H3,(H,22,23,26). The number of para-hydroxylation sites is 1. The van der Waals surface area contributed by atoms with Gasteiger partial charge >= 0.3 is 0 Å². The zero-order valence-corrected chi connectivity index (χ0v) is 17.0. The molecule has 1 heterocycles. The van der Waals surface area contributed by atoms with Crippen molar-refractivity contribution >= 4 is 51.9 Å². The lowest BCUT2D eigenvalue weighted by molar-refractivity contribution is -0.115. The predicted molar refractivity (Wildman–Crippen MR) is 115 cm³/mol. The minimum atomic E-state index is -0.175. The molecule has 7 heteroatoms. The maximum absolute atomic E-state index is 11.8. The maximum atomic E-state index is 11.8. The van der Waals surface area contributed by atoms with E-state index in [9.17, 15) is 4.79 Å². The van der Waals surface area contributed by atoms with Crippen molar-refractivity contribution in [3.05, 3.63) is 63.5 Å². The summed E-state index contributed by atoms with van der Waals surface area (Å²) in [6.07, 6.45) is 2.52. The fourth-order valence-corrected chi connectivity index (χ4v) is 3.58. The van der Waals surface area contributed by atoms with Gasteiger partial charge in [-0.05, 0) is 42.8 Å². The number of thioether (sulfide) groups is 1. The Morgan fingerprint density at radius 2 is 1.96 bits per heavy atom. The summed E-state index contributed by atoms with van der Waals surface area (Å²) >= 11 is 12.3. The first-order chi connectivity index (χ1) is 13.0. The topological polar surface area (TPSA) is 47.6 Å². The first kappa shape index (κ1) is 19.7. The quantitative estimate of drug-likeness (QED) is 0.389. The van der Waals surface area contributed by atoms with Gasteiger partial charge in [-0.3, -0.25) is 4.79 Å². The van der Waals surface area contributed by atoms with Crippen LogP contribution in [-0.4, -0.2) is 23.4 Å². The van der Waals surface area contributed by atoms with Crippen LogP contribution in [0.25, 0.3) is 6.08 Å². The van der Waals surface area contributed by atoms with Gasteiger partial charge in [-0.2, -0.15) is 0 Å². The molecule has 0 aliphatic carbocycles. The third-order valence-electron chi connectivity index (χ3n) is 3.79. The van der Waals surface area contributed by atoms with E-state index in [2.05, 4.69) is 5.32 Å². The van der Waals surface area contributed by atoms with Crippen molar-refractivity contribution in [2.45, 2.75) is 13.3 Å². The second-order valence-electron chi connectivity index (χ2n) is 5.85. The van der Waals surface area contributed by atoms with Crippen molar-refractivity contribution in [1.29, 1.82) is 0 Å². The number of halogens is 1. The number of amides is 1. The number of hydrogen-bond donors (Lipinski definition) is 1. The zero-order chi connectivity index (χ0) is 19.2. The van der Waals surface area contributed by atoms with E-state index in [0.717, 1.165) is 34.1 Å². The Labute approximate surface area is 172 Å². The van der Waals surface area contributed by atoms with E-state index in [1.807, 2.05) is 49.4 Å². The highest BCUT2D eigenvalue weighted by molar-refractivity contribution is 8.26. The Kier molecular flexibility index (Phi) is 6.77. The summed E-state index contributed by atoms with van der Waals surface area (Å²) in [7, 11) is 0. The smallest absolute Gasteiger partial charge is 0.263 e. The number of nitrogens with one attached hydrogen (secondary N) is 1. The van der Waals surface area contributed by atoms with Crippen molar-refractivity contribution in [2.75, 3.05) is 13.2 Å². The monoisotopic (exact) mass is 419 g/mol. The fraction of sp³-hybridized carbons (Fsp3) is 0.200. The van der Waals surface area contributed by atoms with Crippen LogP contribution in [0, 0.1) is 6.92 Å². The molecule has 0 aromatic heterocycles. The minimum Gasteiger partial charge on any atom is -0.493 e. The van der Waals surface area contributed by atoms with Gasteiger partial charge in [0.1, 0.15) is 15.8 Å². The molecule has 1 fully saturated rings. The Morgan fingerprint density at radius 3 is 2.70 bits per heavy atom. The average Bonchev–Trinajstić information content (AvgIpc) is 2.96. The van der Waals surface area contributed by atoms with Gasteiger partial charge in [0, 0.05) is 17.0 Å². The first-order valence-corrected chi connectivity index (χ1v) is 9.99. The van der Waals surface area contributed by atoms with Crippen molar-refractivity contribution in [1.82, 2.24) is 5.32 Å². The van der Waals surface area contributed by atoms with Crippen molar-refractivity contribution in [3.8, 4) is 11.5 Å². The van der Waals surface area contributed by atoms with Crippen LogP contribution in [-0.2, 0) is 4.79 Å². The van der Waals surface area contributed by atoms with Gasteiger partial charge in [0.05, 0.1) is 18.1 Å². The van der Waals surface area contributed by atoms with E-state index >= 15 is 0 Å². The molecule has 0 bridgehead atoms. The Bertz CT molecular complexity index is 899. The third kappa shape index (κ3) is 5.48. The molecule has 27 heavy (non-hydrogen) atoms. The molecule has 1 aliphatic rings. The lowest BCUT2D eigenvalue weighted by Gasteiger charge is -2.11. The summed E-state index contributed by atoms with van der Waals surface area (Å²) in [4.78, 5) is 12.4. The molecule has 0 spiro atoms. The molecule has 1 aliphatic heterocycles. The zero-order valence-electron chi connectivity index (χ0n) is 14.7. The van der Waals surface area contributed by atoms with Gasteiger partial charge in [0.2, 0.25) is 0 Å². The number of rotatable bonds is 7. The van der Waals surface area contributed by atoms with Crippen LogP contribution in [0.5, 0.6) is 11.5 Å². The summed E-state index contributed by atoms with van der Waals surface area (Å²) in [6.45, 7) is 2.99. The molecular formula is C20H18ClNO3S2. The van der Waals surface area contributed by atoms with Crippen LogP contribution < -0.4 is 14.8 Å². The summed E-state index contributed by atoms with van der Waals surface area (Å²) in [5.74, 6) is 1.34. The lowest BCUT2D eigenvalue weighted by atomic mass is 10.2. The number of ether oxygens (including phenoxy) is 2.